The highest BCUT2D eigenvalue weighted by Gasteiger charge is 2.12. The lowest BCUT2D eigenvalue weighted by Crippen LogP contribution is -1.81. The summed E-state index contributed by atoms with van der Waals surface area (Å²) in [5.74, 6) is 1.16. The lowest BCUT2D eigenvalue weighted by molar-refractivity contribution is 0.373. The number of nitrogens with zero attached hydrogens (tertiary/aromatic N) is 1. The van der Waals surface area contributed by atoms with E-state index < -0.39 is 0 Å². The van der Waals surface area contributed by atoms with Crippen LogP contribution >= 0.6 is 23.2 Å². The summed E-state index contributed by atoms with van der Waals surface area (Å²) in [6.07, 6.45) is 0. The highest BCUT2D eigenvalue weighted by molar-refractivity contribution is 6.36. The van der Waals surface area contributed by atoms with E-state index in [2.05, 4.69) is 5.16 Å². The summed E-state index contributed by atoms with van der Waals surface area (Å²) in [6, 6.07) is 7.22. The Bertz CT molecular complexity index is 505. The minimum Gasteiger partial charge on any atom is -0.361 e. The Balaban J connectivity index is 2.42. The van der Waals surface area contributed by atoms with Crippen molar-refractivity contribution >= 4 is 23.2 Å². The van der Waals surface area contributed by atoms with Crippen LogP contribution in [-0.2, 0) is 0 Å². The monoisotopic (exact) mass is 255 g/mol. The second-order valence-electron chi connectivity index (χ2n) is 3.89. The second kappa shape index (κ2) is 4.48. The third kappa shape index (κ3) is 2.23. The van der Waals surface area contributed by atoms with Gasteiger partial charge in [0.15, 0.2) is 0 Å². The third-order valence-electron chi connectivity index (χ3n) is 2.30. The number of benzene rings is 1. The fourth-order valence-corrected chi connectivity index (χ4v) is 1.89. The van der Waals surface area contributed by atoms with Gasteiger partial charge in [0.05, 0.1) is 5.02 Å². The van der Waals surface area contributed by atoms with Gasteiger partial charge in [-0.3, -0.25) is 0 Å². The van der Waals surface area contributed by atoms with Crippen LogP contribution in [0.15, 0.2) is 28.8 Å². The standard InChI is InChI=1S/C12H11Cl2NO/c1-7(2)12-6-11(15-16-12)9-4-3-8(13)5-10(9)14/h3-7H,1-2H3. The summed E-state index contributed by atoms with van der Waals surface area (Å²) in [5, 5.41) is 5.19. The molecule has 0 bridgehead atoms. The number of hydrogen-bond acceptors (Lipinski definition) is 2. The topological polar surface area (TPSA) is 26.0 Å². The van der Waals surface area contributed by atoms with E-state index in [0.717, 1.165) is 17.0 Å². The van der Waals surface area contributed by atoms with Crippen LogP contribution in [0.2, 0.25) is 10.0 Å². The first-order valence-electron chi connectivity index (χ1n) is 5.00. The first kappa shape index (κ1) is 11.5. The van der Waals surface area contributed by atoms with E-state index in [0.29, 0.717) is 16.0 Å². The molecule has 0 aliphatic rings. The Morgan fingerprint density at radius 2 is 1.94 bits per heavy atom. The lowest BCUT2D eigenvalue weighted by Gasteiger charge is -1.99. The van der Waals surface area contributed by atoms with Gasteiger partial charge in [0.2, 0.25) is 0 Å². The second-order valence-corrected chi connectivity index (χ2v) is 4.74. The van der Waals surface area contributed by atoms with Gasteiger partial charge in [-0.2, -0.15) is 0 Å². The zero-order chi connectivity index (χ0) is 11.7. The maximum atomic E-state index is 6.09. The maximum absolute atomic E-state index is 6.09. The summed E-state index contributed by atoms with van der Waals surface area (Å²) in [6.45, 7) is 4.10. The van der Waals surface area contributed by atoms with Crippen LogP contribution in [0.3, 0.4) is 0 Å². The molecule has 1 aromatic heterocycles. The van der Waals surface area contributed by atoms with Crippen molar-refractivity contribution in [2.24, 2.45) is 0 Å². The fourth-order valence-electron chi connectivity index (χ4n) is 1.39. The molecule has 0 aliphatic heterocycles. The van der Waals surface area contributed by atoms with Crippen molar-refractivity contribution in [2.75, 3.05) is 0 Å². The predicted octanol–water partition coefficient (Wildman–Crippen LogP) is 4.77. The van der Waals surface area contributed by atoms with Gasteiger partial charge in [0.25, 0.3) is 0 Å². The summed E-state index contributed by atoms with van der Waals surface area (Å²) >= 11 is 11.9. The molecule has 2 aromatic rings. The first-order valence-corrected chi connectivity index (χ1v) is 5.75. The van der Waals surface area contributed by atoms with Crippen molar-refractivity contribution in [2.45, 2.75) is 19.8 Å². The zero-order valence-corrected chi connectivity index (χ0v) is 10.5. The van der Waals surface area contributed by atoms with Crippen molar-refractivity contribution < 1.29 is 4.52 Å². The first-order chi connectivity index (χ1) is 7.58. The van der Waals surface area contributed by atoms with E-state index in [4.69, 9.17) is 27.7 Å². The molecule has 4 heteroatoms. The van der Waals surface area contributed by atoms with Crippen LogP contribution in [0.5, 0.6) is 0 Å². The van der Waals surface area contributed by atoms with Crippen molar-refractivity contribution in [3.8, 4) is 11.3 Å². The van der Waals surface area contributed by atoms with Gasteiger partial charge in [0, 0.05) is 22.6 Å². The molecular weight excluding hydrogens is 245 g/mol. The van der Waals surface area contributed by atoms with Crippen molar-refractivity contribution in [3.05, 3.63) is 40.1 Å². The maximum Gasteiger partial charge on any atom is 0.139 e. The Morgan fingerprint density at radius 1 is 1.19 bits per heavy atom. The molecule has 1 aromatic carbocycles. The van der Waals surface area contributed by atoms with Crippen molar-refractivity contribution in [1.82, 2.24) is 5.16 Å². The smallest absolute Gasteiger partial charge is 0.139 e. The Kier molecular flexibility index (Phi) is 3.22. The largest absolute Gasteiger partial charge is 0.361 e. The summed E-state index contributed by atoms with van der Waals surface area (Å²) < 4.78 is 5.22. The molecule has 2 nitrogen and oxygen atoms in total. The molecule has 0 fully saturated rings. The molecule has 0 radical (unpaired) electrons. The fraction of sp³-hybridized carbons (Fsp3) is 0.250. The Morgan fingerprint density at radius 3 is 2.50 bits per heavy atom. The van der Waals surface area contributed by atoms with Crippen LogP contribution < -0.4 is 0 Å². The molecular formula is C12H11Cl2NO. The summed E-state index contributed by atoms with van der Waals surface area (Å²) in [5.41, 5.74) is 1.58. The van der Waals surface area contributed by atoms with Gasteiger partial charge in [-0.15, -0.1) is 0 Å². The summed E-state index contributed by atoms with van der Waals surface area (Å²) in [4.78, 5) is 0. The quantitative estimate of drug-likeness (QED) is 0.773. The van der Waals surface area contributed by atoms with Gasteiger partial charge >= 0.3 is 0 Å². The van der Waals surface area contributed by atoms with Gasteiger partial charge in [-0.25, -0.2) is 0 Å². The lowest BCUT2D eigenvalue weighted by atomic mass is 10.1. The van der Waals surface area contributed by atoms with Crippen LogP contribution in [0.25, 0.3) is 11.3 Å². The van der Waals surface area contributed by atoms with E-state index in [1.165, 1.54) is 0 Å². The average molecular weight is 256 g/mol. The Labute approximate surface area is 104 Å². The normalized spacial score (nSPS) is 11.1. The van der Waals surface area contributed by atoms with Crippen LogP contribution in [-0.4, -0.2) is 5.16 Å². The van der Waals surface area contributed by atoms with E-state index in [1.54, 1.807) is 12.1 Å². The molecule has 0 unspecified atom stereocenters. The highest BCUT2D eigenvalue weighted by Crippen LogP contribution is 2.31. The van der Waals surface area contributed by atoms with Gasteiger partial charge in [0.1, 0.15) is 11.5 Å². The number of hydrogen-bond donors (Lipinski definition) is 0. The number of rotatable bonds is 2. The molecule has 0 N–H and O–H groups in total. The Hall–Kier alpha value is -0.990. The van der Waals surface area contributed by atoms with E-state index in [-0.39, 0.29) is 0 Å². The van der Waals surface area contributed by atoms with Crippen LogP contribution in [0, 0.1) is 0 Å². The minimum atomic E-state index is 0.312. The van der Waals surface area contributed by atoms with Crippen LogP contribution in [0.1, 0.15) is 25.5 Å². The molecule has 0 saturated heterocycles. The zero-order valence-electron chi connectivity index (χ0n) is 9.00. The molecule has 0 spiro atoms. The molecule has 2 rings (SSSR count). The van der Waals surface area contributed by atoms with E-state index in [9.17, 15) is 0 Å². The molecule has 0 atom stereocenters. The average Bonchev–Trinajstić information content (AvgIpc) is 2.66. The highest BCUT2D eigenvalue weighted by atomic mass is 35.5. The number of aromatic nitrogens is 1. The van der Waals surface area contributed by atoms with Crippen molar-refractivity contribution in [1.29, 1.82) is 0 Å². The third-order valence-corrected chi connectivity index (χ3v) is 2.85. The molecule has 0 aliphatic carbocycles. The van der Waals surface area contributed by atoms with Gasteiger partial charge in [-0.1, -0.05) is 42.2 Å². The van der Waals surface area contributed by atoms with Gasteiger partial charge in [-0.05, 0) is 18.2 Å². The predicted molar refractivity (Wildman–Crippen MR) is 66.0 cm³/mol. The number of halogens is 2. The minimum absolute atomic E-state index is 0.312. The molecule has 84 valence electrons. The molecule has 0 amide bonds. The van der Waals surface area contributed by atoms with Gasteiger partial charge < -0.3 is 4.52 Å². The summed E-state index contributed by atoms with van der Waals surface area (Å²) in [7, 11) is 0. The molecule has 16 heavy (non-hydrogen) atoms. The van der Waals surface area contributed by atoms with Crippen molar-refractivity contribution in [3.63, 3.8) is 0 Å². The SMILES string of the molecule is CC(C)c1cc(-c2ccc(Cl)cc2Cl)no1. The molecule has 0 saturated carbocycles. The molecule has 1 heterocycles. The van der Waals surface area contributed by atoms with Crippen LogP contribution in [0.4, 0.5) is 0 Å². The van der Waals surface area contributed by atoms with E-state index in [1.807, 2.05) is 26.0 Å². The van der Waals surface area contributed by atoms with E-state index >= 15 is 0 Å².